The minimum atomic E-state index is -0.194. The molecule has 2 aromatic rings. The lowest BCUT2D eigenvalue weighted by Crippen LogP contribution is -2.18. The van der Waals surface area contributed by atoms with E-state index in [4.69, 9.17) is 4.74 Å². The Hall–Kier alpha value is -2.28. The Labute approximate surface area is 138 Å². The molecule has 1 aromatic heterocycles. The van der Waals surface area contributed by atoms with Gasteiger partial charge in [0, 0.05) is 5.56 Å². The molecule has 0 saturated heterocycles. The van der Waals surface area contributed by atoms with Gasteiger partial charge >= 0.3 is 0 Å². The van der Waals surface area contributed by atoms with Crippen LogP contribution in [0.5, 0.6) is 5.75 Å². The number of nitrogens with one attached hydrogen (secondary N) is 2. The first-order valence-corrected chi connectivity index (χ1v) is 8.19. The number of hydrogen-bond donors (Lipinski definition) is 2. The molecule has 2 rings (SSSR count). The highest BCUT2D eigenvalue weighted by Gasteiger charge is 2.10. The third-order valence-corrected chi connectivity index (χ3v) is 4.16. The molecule has 1 heterocycles. The quantitative estimate of drug-likeness (QED) is 0.626. The van der Waals surface area contributed by atoms with E-state index in [0.29, 0.717) is 28.6 Å². The van der Waals surface area contributed by atoms with E-state index in [1.807, 2.05) is 19.1 Å². The van der Waals surface area contributed by atoms with Gasteiger partial charge in [-0.3, -0.25) is 9.59 Å². The van der Waals surface area contributed by atoms with Crippen molar-refractivity contribution in [2.24, 2.45) is 0 Å². The molecule has 0 unspecified atom stereocenters. The molecule has 0 radical (unpaired) electrons. The second-order valence-corrected chi connectivity index (χ2v) is 5.80. The van der Waals surface area contributed by atoms with Gasteiger partial charge in [0.2, 0.25) is 5.91 Å². The lowest BCUT2D eigenvalue weighted by molar-refractivity contribution is -0.113. The minimum absolute atomic E-state index is 0.146. The van der Waals surface area contributed by atoms with Crippen LogP contribution in [0, 0.1) is 6.92 Å². The van der Waals surface area contributed by atoms with Crippen LogP contribution in [0.15, 0.2) is 34.2 Å². The fourth-order valence-corrected chi connectivity index (χ4v) is 2.72. The molecule has 0 atom stereocenters. The molecule has 1 aromatic carbocycles. The number of methoxy groups -OCH3 is 1. The van der Waals surface area contributed by atoms with E-state index in [-0.39, 0.29) is 17.2 Å². The molecule has 0 saturated carbocycles. The molecule has 1 amide bonds. The van der Waals surface area contributed by atoms with E-state index in [2.05, 4.69) is 15.3 Å². The summed E-state index contributed by atoms with van der Waals surface area (Å²) in [6.45, 7) is 3.69. The highest BCUT2D eigenvalue weighted by Crippen LogP contribution is 2.23. The van der Waals surface area contributed by atoms with Crippen molar-refractivity contribution in [3.05, 3.63) is 45.9 Å². The summed E-state index contributed by atoms with van der Waals surface area (Å²) in [7, 11) is 1.55. The molecule has 6 nitrogen and oxygen atoms in total. The van der Waals surface area contributed by atoms with Crippen LogP contribution in [-0.2, 0) is 11.2 Å². The Morgan fingerprint density at radius 3 is 2.83 bits per heavy atom. The van der Waals surface area contributed by atoms with Crippen LogP contribution in [0.1, 0.15) is 18.2 Å². The average molecular weight is 333 g/mol. The topological polar surface area (TPSA) is 84.1 Å². The normalized spacial score (nSPS) is 10.4. The van der Waals surface area contributed by atoms with Crippen LogP contribution in [0.4, 0.5) is 5.69 Å². The van der Waals surface area contributed by atoms with Crippen molar-refractivity contribution in [2.75, 3.05) is 18.2 Å². The fraction of sp³-hybridized carbons (Fsp3) is 0.312. The number of nitrogens with zero attached hydrogens (tertiary/aromatic N) is 1. The lowest BCUT2D eigenvalue weighted by atomic mass is 10.2. The van der Waals surface area contributed by atoms with E-state index < -0.39 is 0 Å². The third kappa shape index (κ3) is 4.35. The second kappa shape index (κ2) is 7.82. The van der Waals surface area contributed by atoms with Crippen molar-refractivity contribution < 1.29 is 9.53 Å². The van der Waals surface area contributed by atoms with E-state index >= 15 is 0 Å². The van der Waals surface area contributed by atoms with Crippen molar-refractivity contribution >= 4 is 23.4 Å². The van der Waals surface area contributed by atoms with Crippen LogP contribution in [-0.4, -0.2) is 28.7 Å². The van der Waals surface area contributed by atoms with Crippen LogP contribution < -0.4 is 15.6 Å². The van der Waals surface area contributed by atoms with Gasteiger partial charge in [-0.2, -0.15) is 0 Å². The van der Waals surface area contributed by atoms with E-state index in [0.717, 1.165) is 5.69 Å². The minimum Gasteiger partial charge on any atom is -0.495 e. The molecule has 23 heavy (non-hydrogen) atoms. The highest BCUT2D eigenvalue weighted by molar-refractivity contribution is 7.99. The molecule has 0 fully saturated rings. The molecule has 0 aliphatic heterocycles. The number of carbonyl (C=O) groups excluding carboxylic acids is 1. The number of H-pyrrole nitrogens is 1. The van der Waals surface area contributed by atoms with E-state index in [9.17, 15) is 9.59 Å². The maximum atomic E-state index is 12.1. The summed E-state index contributed by atoms with van der Waals surface area (Å²) in [6.07, 6.45) is 0.677. The van der Waals surface area contributed by atoms with Gasteiger partial charge < -0.3 is 15.0 Å². The molecule has 0 aliphatic carbocycles. The van der Waals surface area contributed by atoms with Gasteiger partial charge in [-0.1, -0.05) is 30.8 Å². The number of aromatic amines is 1. The number of aryl methyl sites for hydroxylation is 1. The standard InChI is InChI=1S/C16H19N3O3S/c1-4-11-10(2)15(21)19-16(18-11)23-9-14(20)17-12-7-5-6-8-13(12)22-3/h5-8H,4,9H2,1-3H3,(H,17,20)(H,18,19,21). The Balaban J connectivity index is 2.02. The summed E-state index contributed by atoms with van der Waals surface area (Å²) in [5.41, 5.74) is 1.82. The SMILES string of the molecule is CCc1nc(SCC(=O)Nc2ccccc2OC)[nH]c(=O)c1C. The third-order valence-electron chi connectivity index (χ3n) is 3.29. The Morgan fingerprint density at radius 2 is 2.13 bits per heavy atom. The summed E-state index contributed by atoms with van der Waals surface area (Å²) in [5, 5.41) is 3.23. The van der Waals surface area contributed by atoms with Gasteiger partial charge in [0.05, 0.1) is 24.2 Å². The van der Waals surface area contributed by atoms with Crippen molar-refractivity contribution in [3.63, 3.8) is 0 Å². The maximum Gasteiger partial charge on any atom is 0.254 e. The summed E-state index contributed by atoms with van der Waals surface area (Å²) in [6, 6.07) is 7.19. The molecular formula is C16H19N3O3S. The molecular weight excluding hydrogens is 314 g/mol. The van der Waals surface area contributed by atoms with Gasteiger partial charge in [-0.15, -0.1) is 0 Å². The summed E-state index contributed by atoms with van der Waals surface area (Å²) in [5.74, 6) is 0.550. The van der Waals surface area contributed by atoms with Crippen molar-refractivity contribution in [3.8, 4) is 5.75 Å². The summed E-state index contributed by atoms with van der Waals surface area (Å²) >= 11 is 1.19. The number of amides is 1. The number of rotatable bonds is 6. The smallest absolute Gasteiger partial charge is 0.254 e. The molecule has 0 spiro atoms. The number of hydrogen-bond acceptors (Lipinski definition) is 5. The predicted molar refractivity (Wildman–Crippen MR) is 91.3 cm³/mol. The first-order chi connectivity index (χ1) is 11.0. The molecule has 0 aliphatic rings. The zero-order valence-corrected chi connectivity index (χ0v) is 14.1. The summed E-state index contributed by atoms with van der Waals surface area (Å²) in [4.78, 5) is 30.9. The molecule has 0 bridgehead atoms. The Bertz CT molecular complexity index is 758. The van der Waals surface area contributed by atoms with Crippen LogP contribution >= 0.6 is 11.8 Å². The van der Waals surface area contributed by atoms with Crippen LogP contribution in [0.2, 0.25) is 0 Å². The number of anilines is 1. The largest absolute Gasteiger partial charge is 0.495 e. The number of carbonyl (C=O) groups is 1. The molecule has 2 N–H and O–H groups in total. The van der Waals surface area contributed by atoms with Crippen LogP contribution in [0.25, 0.3) is 0 Å². The van der Waals surface area contributed by atoms with Crippen LogP contribution in [0.3, 0.4) is 0 Å². The van der Waals surface area contributed by atoms with Gasteiger partial charge in [0.25, 0.3) is 5.56 Å². The summed E-state index contributed by atoms with van der Waals surface area (Å²) < 4.78 is 5.19. The van der Waals surface area contributed by atoms with Gasteiger partial charge in [-0.05, 0) is 25.5 Å². The number of aromatic nitrogens is 2. The lowest BCUT2D eigenvalue weighted by Gasteiger charge is -2.09. The van der Waals surface area contributed by atoms with Gasteiger partial charge in [0.15, 0.2) is 5.16 Å². The average Bonchev–Trinajstić information content (AvgIpc) is 2.56. The first kappa shape index (κ1) is 17.1. The van der Waals surface area contributed by atoms with Crippen molar-refractivity contribution in [1.82, 2.24) is 9.97 Å². The zero-order valence-electron chi connectivity index (χ0n) is 13.3. The second-order valence-electron chi connectivity index (χ2n) is 4.83. The highest BCUT2D eigenvalue weighted by atomic mass is 32.2. The maximum absolute atomic E-state index is 12.1. The fourth-order valence-electron chi connectivity index (χ4n) is 2.04. The molecule has 7 heteroatoms. The Morgan fingerprint density at radius 1 is 1.39 bits per heavy atom. The number of para-hydroxylation sites is 2. The zero-order chi connectivity index (χ0) is 16.8. The van der Waals surface area contributed by atoms with Gasteiger partial charge in [-0.25, -0.2) is 4.98 Å². The van der Waals surface area contributed by atoms with Crippen molar-refractivity contribution in [1.29, 1.82) is 0 Å². The predicted octanol–water partition coefficient (Wildman–Crippen LogP) is 2.38. The number of ether oxygens (including phenoxy) is 1. The molecule has 122 valence electrons. The van der Waals surface area contributed by atoms with Gasteiger partial charge in [0.1, 0.15) is 5.75 Å². The number of thioether (sulfide) groups is 1. The monoisotopic (exact) mass is 333 g/mol. The first-order valence-electron chi connectivity index (χ1n) is 7.20. The van der Waals surface area contributed by atoms with E-state index in [1.165, 1.54) is 11.8 Å². The van der Waals surface area contributed by atoms with E-state index in [1.54, 1.807) is 26.2 Å². The van der Waals surface area contributed by atoms with Crippen molar-refractivity contribution in [2.45, 2.75) is 25.4 Å². The Kier molecular flexibility index (Phi) is 5.81. The number of benzene rings is 1.